The summed E-state index contributed by atoms with van der Waals surface area (Å²) in [7, 11) is 0. The van der Waals surface area contributed by atoms with Gasteiger partial charge in [-0.15, -0.1) is 0 Å². The van der Waals surface area contributed by atoms with Crippen molar-refractivity contribution in [1.29, 1.82) is 0 Å². The van der Waals surface area contributed by atoms with E-state index in [2.05, 4.69) is 0 Å². The molecule has 1 atom stereocenters. The van der Waals surface area contributed by atoms with E-state index in [1.807, 2.05) is 0 Å². The van der Waals surface area contributed by atoms with Crippen molar-refractivity contribution < 1.29 is 19.1 Å². The summed E-state index contributed by atoms with van der Waals surface area (Å²) in [5.41, 5.74) is 0.950. The molecule has 1 amide bonds. The molecule has 0 heterocycles. The van der Waals surface area contributed by atoms with Crippen LogP contribution in [0.25, 0.3) is 0 Å². The van der Waals surface area contributed by atoms with E-state index in [1.54, 1.807) is 20.8 Å². The van der Waals surface area contributed by atoms with Gasteiger partial charge in [0.25, 0.3) is 5.91 Å². The van der Waals surface area contributed by atoms with Gasteiger partial charge >= 0.3 is 5.97 Å². The smallest absolute Gasteiger partial charge is 0.305 e. The summed E-state index contributed by atoms with van der Waals surface area (Å²) < 4.78 is 13.2. The van der Waals surface area contributed by atoms with Crippen LogP contribution in [-0.4, -0.2) is 34.5 Å². The molecule has 0 fully saturated rings. The lowest BCUT2D eigenvalue weighted by atomic mass is 10.1. The molecule has 5 heteroatoms. The number of aliphatic carboxylic acids is 1. The summed E-state index contributed by atoms with van der Waals surface area (Å²) in [6.45, 7) is 5.54. The Balaban J connectivity index is 3.01. The minimum absolute atomic E-state index is 0.131. The standard InChI is InChI=1S/C14H18FNO3/c1-4-16(10(3)7-13(17)18)14(19)12-8-11(15)6-5-9(12)2/h5-6,8,10H,4,7H2,1-3H3,(H,17,18). The van der Waals surface area contributed by atoms with Gasteiger partial charge in [0.1, 0.15) is 5.82 Å². The lowest BCUT2D eigenvalue weighted by molar-refractivity contribution is -0.138. The van der Waals surface area contributed by atoms with Crippen LogP contribution >= 0.6 is 0 Å². The third kappa shape index (κ3) is 3.77. The minimum atomic E-state index is -0.963. The van der Waals surface area contributed by atoms with Crippen molar-refractivity contribution in [3.05, 3.63) is 35.1 Å². The fraction of sp³-hybridized carbons (Fsp3) is 0.429. The van der Waals surface area contributed by atoms with E-state index in [0.29, 0.717) is 12.1 Å². The second kappa shape index (κ2) is 6.31. The van der Waals surface area contributed by atoms with E-state index in [9.17, 15) is 14.0 Å². The second-order valence-corrected chi connectivity index (χ2v) is 4.50. The number of hydrogen-bond donors (Lipinski definition) is 1. The van der Waals surface area contributed by atoms with Crippen LogP contribution in [0.15, 0.2) is 18.2 Å². The average molecular weight is 267 g/mol. The Hall–Kier alpha value is -1.91. The Morgan fingerprint density at radius 2 is 2.05 bits per heavy atom. The first-order valence-corrected chi connectivity index (χ1v) is 6.15. The highest BCUT2D eigenvalue weighted by molar-refractivity contribution is 5.96. The first kappa shape index (κ1) is 15.1. The van der Waals surface area contributed by atoms with Crippen LogP contribution in [0.4, 0.5) is 4.39 Å². The normalized spacial score (nSPS) is 12.0. The number of benzene rings is 1. The van der Waals surface area contributed by atoms with Crippen molar-refractivity contribution in [1.82, 2.24) is 4.90 Å². The number of hydrogen-bond acceptors (Lipinski definition) is 2. The van der Waals surface area contributed by atoms with Crippen LogP contribution in [0.5, 0.6) is 0 Å². The third-order valence-corrected chi connectivity index (χ3v) is 3.03. The molecule has 4 nitrogen and oxygen atoms in total. The molecule has 1 N–H and O–H groups in total. The molecule has 0 bridgehead atoms. The van der Waals surface area contributed by atoms with E-state index in [4.69, 9.17) is 5.11 Å². The molecule has 1 aromatic carbocycles. The zero-order chi connectivity index (χ0) is 14.6. The van der Waals surface area contributed by atoms with Crippen LogP contribution in [0.3, 0.4) is 0 Å². The van der Waals surface area contributed by atoms with Crippen molar-refractivity contribution in [3.63, 3.8) is 0 Å². The number of carbonyl (C=O) groups excluding carboxylic acids is 1. The third-order valence-electron chi connectivity index (χ3n) is 3.03. The zero-order valence-electron chi connectivity index (χ0n) is 11.3. The van der Waals surface area contributed by atoms with E-state index in [0.717, 1.165) is 0 Å². The van der Waals surface area contributed by atoms with Gasteiger partial charge in [-0.05, 0) is 38.5 Å². The van der Waals surface area contributed by atoms with Crippen molar-refractivity contribution in [2.75, 3.05) is 6.54 Å². The zero-order valence-corrected chi connectivity index (χ0v) is 11.3. The highest BCUT2D eigenvalue weighted by Crippen LogP contribution is 2.16. The van der Waals surface area contributed by atoms with Crippen molar-refractivity contribution >= 4 is 11.9 Å². The van der Waals surface area contributed by atoms with Crippen molar-refractivity contribution in [2.45, 2.75) is 33.2 Å². The largest absolute Gasteiger partial charge is 0.481 e. The maximum atomic E-state index is 13.2. The first-order valence-electron chi connectivity index (χ1n) is 6.15. The molecule has 0 aliphatic carbocycles. The molecular formula is C14H18FNO3. The van der Waals surface area contributed by atoms with E-state index in [1.165, 1.54) is 23.1 Å². The van der Waals surface area contributed by atoms with Gasteiger partial charge < -0.3 is 10.0 Å². The predicted molar refractivity (Wildman–Crippen MR) is 69.6 cm³/mol. The summed E-state index contributed by atoms with van der Waals surface area (Å²) in [6, 6.07) is 3.59. The molecule has 0 saturated heterocycles. The van der Waals surface area contributed by atoms with Gasteiger partial charge in [-0.25, -0.2) is 4.39 Å². The first-order chi connectivity index (χ1) is 8.86. The van der Waals surface area contributed by atoms with E-state index < -0.39 is 17.8 Å². The molecule has 0 aliphatic rings. The number of amides is 1. The van der Waals surface area contributed by atoms with Gasteiger partial charge in [0.15, 0.2) is 0 Å². The Morgan fingerprint density at radius 3 is 2.58 bits per heavy atom. The molecule has 0 radical (unpaired) electrons. The summed E-state index contributed by atoms with van der Waals surface area (Å²) >= 11 is 0. The Bertz CT molecular complexity index is 488. The average Bonchev–Trinajstić information content (AvgIpc) is 2.32. The summed E-state index contributed by atoms with van der Waals surface area (Å²) in [5.74, 6) is -1.78. The van der Waals surface area contributed by atoms with Crippen molar-refractivity contribution in [3.8, 4) is 0 Å². The predicted octanol–water partition coefficient (Wildman–Crippen LogP) is 2.46. The van der Waals surface area contributed by atoms with E-state index >= 15 is 0 Å². The topological polar surface area (TPSA) is 57.6 Å². The van der Waals surface area contributed by atoms with Crippen LogP contribution < -0.4 is 0 Å². The maximum absolute atomic E-state index is 13.2. The minimum Gasteiger partial charge on any atom is -0.481 e. The molecule has 1 rings (SSSR count). The lowest BCUT2D eigenvalue weighted by Gasteiger charge is -2.27. The quantitative estimate of drug-likeness (QED) is 0.891. The molecule has 0 spiro atoms. The van der Waals surface area contributed by atoms with Gasteiger partial charge in [-0.3, -0.25) is 9.59 Å². The molecule has 1 aromatic rings. The number of aryl methyl sites for hydroxylation is 1. The van der Waals surface area contributed by atoms with E-state index in [-0.39, 0.29) is 17.9 Å². The fourth-order valence-electron chi connectivity index (χ4n) is 2.00. The SMILES string of the molecule is CCN(C(=O)c1cc(F)ccc1C)C(C)CC(=O)O. The molecule has 104 valence electrons. The Labute approximate surface area is 111 Å². The number of carboxylic acids is 1. The molecule has 19 heavy (non-hydrogen) atoms. The highest BCUT2D eigenvalue weighted by atomic mass is 19.1. The summed E-state index contributed by atoms with van der Waals surface area (Å²) in [6.07, 6.45) is -0.131. The van der Waals surface area contributed by atoms with Crippen molar-refractivity contribution in [2.24, 2.45) is 0 Å². The summed E-state index contributed by atoms with van der Waals surface area (Å²) in [5, 5.41) is 8.78. The maximum Gasteiger partial charge on any atom is 0.305 e. The number of carboxylic acid groups (broad SMARTS) is 1. The molecule has 0 aliphatic heterocycles. The van der Waals surface area contributed by atoms with Crippen LogP contribution in [0.2, 0.25) is 0 Å². The molecular weight excluding hydrogens is 249 g/mol. The molecule has 0 aromatic heterocycles. The molecule has 0 saturated carbocycles. The number of halogens is 1. The number of nitrogens with zero attached hydrogens (tertiary/aromatic N) is 1. The number of rotatable bonds is 5. The van der Waals surface area contributed by atoms with Crippen LogP contribution in [0, 0.1) is 12.7 Å². The van der Waals surface area contributed by atoms with Crippen LogP contribution in [-0.2, 0) is 4.79 Å². The number of carbonyl (C=O) groups is 2. The van der Waals surface area contributed by atoms with Gasteiger partial charge in [0.2, 0.25) is 0 Å². The van der Waals surface area contributed by atoms with Gasteiger partial charge in [-0.2, -0.15) is 0 Å². The highest BCUT2D eigenvalue weighted by Gasteiger charge is 2.23. The molecule has 1 unspecified atom stereocenters. The Morgan fingerprint density at radius 1 is 1.42 bits per heavy atom. The van der Waals surface area contributed by atoms with Gasteiger partial charge in [0, 0.05) is 18.2 Å². The summed E-state index contributed by atoms with van der Waals surface area (Å²) in [4.78, 5) is 24.5. The lowest BCUT2D eigenvalue weighted by Crippen LogP contribution is -2.40. The fourth-order valence-corrected chi connectivity index (χ4v) is 2.00. The second-order valence-electron chi connectivity index (χ2n) is 4.50. The van der Waals surface area contributed by atoms with Gasteiger partial charge in [-0.1, -0.05) is 6.07 Å². The van der Waals surface area contributed by atoms with Crippen LogP contribution in [0.1, 0.15) is 36.2 Å². The Kier molecular flexibility index (Phi) is 5.03. The monoisotopic (exact) mass is 267 g/mol. The van der Waals surface area contributed by atoms with Gasteiger partial charge in [0.05, 0.1) is 6.42 Å².